The largest absolute Gasteiger partial charge is 0.490 e. The van der Waals surface area contributed by atoms with Crippen molar-refractivity contribution in [2.75, 3.05) is 25.1 Å². The first kappa shape index (κ1) is 43.2. The SMILES string of the molecule is CC(C)CCC[C@H](C)CCOc1cc(C(=O)Nc2ccc(I)cc2)cc(OCC[C@@H](C)CCCC(C)C)c1OCC[C@@H](C)CCCC(C)C. The third-order valence-electron chi connectivity index (χ3n) is 9.41. The van der Waals surface area contributed by atoms with Gasteiger partial charge in [-0.15, -0.1) is 0 Å². The van der Waals surface area contributed by atoms with E-state index in [1.165, 1.54) is 57.8 Å². The van der Waals surface area contributed by atoms with Crippen LogP contribution in [-0.2, 0) is 0 Å². The first-order chi connectivity index (χ1) is 23.3. The van der Waals surface area contributed by atoms with Crippen LogP contribution in [0.4, 0.5) is 5.69 Å². The van der Waals surface area contributed by atoms with Gasteiger partial charge in [0, 0.05) is 14.8 Å². The molecule has 0 aliphatic carbocycles. The Morgan fingerprint density at radius 2 is 0.959 bits per heavy atom. The summed E-state index contributed by atoms with van der Waals surface area (Å²) in [5.74, 6) is 5.53. The molecular weight excluding hydrogens is 721 g/mol. The fraction of sp³-hybridized carbons (Fsp3) is 0.698. The normalized spacial score (nSPS) is 13.5. The Balaban J connectivity index is 2.29. The number of hydrogen-bond donors (Lipinski definition) is 1. The molecule has 0 bridgehead atoms. The zero-order chi connectivity index (χ0) is 36.2. The van der Waals surface area contributed by atoms with E-state index in [4.69, 9.17) is 14.2 Å². The maximum absolute atomic E-state index is 13.6. The smallest absolute Gasteiger partial charge is 0.255 e. The van der Waals surface area contributed by atoms with Gasteiger partial charge in [0.25, 0.3) is 5.91 Å². The van der Waals surface area contributed by atoms with Gasteiger partial charge in [0.15, 0.2) is 11.5 Å². The van der Waals surface area contributed by atoms with Crippen LogP contribution >= 0.6 is 22.6 Å². The van der Waals surface area contributed by atoms with E-state index in [-0.39, 0.29) is 5.91 Å². The number of rotatable bonds is 26. The van der Waals surface area contributed by atoms with Crippen LogP contribution in [0.3, 0.4) is 0 Å². The van der Waals surface area contributed by atoms with Crippen molar-refractivity contribution in [1.29, 1.82) is 0 Å². The van der Waals surface area contributed by atoms with Gasteiger partial charge in [0.2, 0.25) is 5.75 Å². The number of hydrogen-bond acceptors (Lipinski definition) is 4. The van der Waals surface area contributed by atoms with Gasteiger partial charge >= 0.3 is 0 Å². The standard InChI is InChI=1S/C43H70INO4/c1-31(2)13-10-16-34(7)23-26-47-40-29-37(43(46)45-39-21-19-38(44)20-22-39)30-41(48-27-24-35(8)17-11-14-32(3)4)42(40)49-28-25-36(9)18-12-15-33(5)6/h19-22,29-36H,10-18,23-28H2,1-9H3,(H,45,46)/t34-,35-,36-/m0/s1. The van der Waals surface area contributed by atoms with E-state index in [0.29, 0.717) is 60.4 Å². The number of ether oxygens (including phenoxy) is 3. The summed E-state index contributed by atoms with van der Waals surface area (Å²) in [4.78, 5) is 13.6. The number of benzene rings is 2. The van der Waals surface area contributed by atoms with Crippen molar-refractivity contribution >= 4 is 34.2 Å². The number of halogens is 1. The van der Waals surface area contributed by atoms with Gasteiger partial charge in [-0.25, -0.2) is 0 Å². The van der Waals surface area contributed by atoms with Crippen molar-refractivity contribution in [2.24, 2.45) is 35.5 Å². The predicted molar refractivity (Wildman–Crippen MR) is 217 cm³/mol. The number of carbonyl (C=O) groups is 1. The Morgan fingerprint density at radius 3 is 1.35 bits per heavy atom. The van der Waals surface area contributed by atoms with E-state index in [9.17, 15) is 4.79 Å². The fourth-order valence-electron chi connectivity index (χ4n) is 5.96. The molecule has 278 valence electrons. The van der Waals surface area contributed by atoms with Crippen LogP contribution in [0.15, 0.2) is 36.4 Å². The lowest BCUT2D eigenvalue weighted by Gasteiger charge is -2.21. The Bertz CT molecular complexity index is 1130. The third kappa shape index (κ3) is 19.3. The number of nitrogens with one attached hydrogen (secondary N) is 1. The summed E-state index contributed by atoms with van der Waals surface area (Å²) in [6, 6.07) is 11.5. The first-order valence-electron chi connectivity index (χ1n) is 19.5. The highest BCUT2D eigenvalue weighted by molar-refractivity contribution is 14.1. The summed E-state index contributed by atoms with van der Waals surface area (Å²) in [5.41, 5.74) is 1.26. The van der Waals surface area contributed by atoms with Crippen LogP contribution in [0, 0.1) is 39.1 Å². The van der Waals surface area contributed by atoms with Crippen LogP contribution in [0.5, 0.6) is 17.2 Å². The molecule has 0 aliphatic heterocycles. The maximum atomic E-state index is 13.6. The Labute approximate surface area is 314 Å². The van der Waals surface area contributed by atoms with Crippen molar-refractivity contribution in [3.63, 3.8) is 0 Å². The van der Waals surface area contributed by atoms with Crippen molar-refractivity contribution < 1.29 is 19.0 Å². The lowest BCUT2D eigenvalue weighted by atomic mass is 9.97. The van der Waals surface area contributed by atoms with Crippen LogP contribution in [-0.4, -0.2) is 25.7 Å². The minimum atomic E-state index is -0.190. The molecule has 0 radical (unpaired) electrons. The van der Waals surface area contributed by atoms with Gasteiger partial charge in [0.05, 0.1) is 19.8 Å². The summed E-state index contributed by atoms with van der Waals surface area (Å²) in [6.45, 7) is 22.4. The van der Waals surface area contributed by atoms with Gasteiger partial charge in [-0.1, -0.05) is 120 Å². The van der Waals surface area contributed by atoms with Crippen LogP contribution < -0.4 is 19.5 Å². The molecule has 0 spiro atoms. The molecule has 0 unspecified atom stereocenters. The van der Waals surface area contributed by atoms with E-state index in [2.05, 4.69) is 90.2 Å². The molecular formula is C43H70INO4. The topological polar surface area (TPSA) is 56.8 Å². The Morgan fingerprint density at radius 1 is 0.571 bits per heavy atom. The average molecular weight is 792 g/mol. The molecule has 2 rings (SSSR count). The summed E-state index contributed by atoms with van der Waals surface area (Å²) < 4.78 is 20.7. The number of carbonyl (C=O) groups excluding carboxylic acids is 1. The molecule has 0 heterocycles. The average Bonchev–Trinajstić information content (AvgIpc) is 3.02. The summed E-state index contributed by atoms with van der Waals surface area (Å²) >= 11 is 2.27. The summed E-state index contributed by atoms with van der Waals surface area (Å²) in [6.07, 6.45) is 14.0. The minimum Gasteiger partial charge on any atom is -0.490 e. The van der Waals surface area contributed by atoms with E-state index >= 15 is 0 Å². The van der Waals surface area contributed by atoms with Gasteiger partial charge in [-0.3, -0.25) is 4.79 Å². The third-order valence-corrected chi connectivity index (χ3v) is 10.1. The molecule has 2 aromatic carbocycles. The molecule has 0 saturated heterocycles. The van der Waals surface area contributed by atoms with E-state index < -0.39 is 0 Å². The molecule has 6 heteroatoms. The zero-order valence-electron chi connectivity index (χ0n) is 32.5. The molecule has 49 heavy (non-hydrogen) atoms. The molecule has 0 aliphatic rings. The summed E-state index contributed by atoms with van der Waals surface area (Å²) in [5, 5.41) is 3.06. The highest BCUT2D eigenvalue weighted by Crippen LogP contribution is 2.40. The minimum absolute atomic E-state index is 0.190. The van der Waals surface area contributed by atoms with E-state index in [1.807, 2.05) is 36.4 Å². The van der Waals surface area contributed by atoms with E-state index in [1.54, 1.807) is 0 Å². The van der Waals surface area contributed by atoms with Gasteiger partial charge < -0.3 is 19.5 Å². The zero-order valence-corrected chi connectivity index (χ0v) is 34.7. The Kier molecular flexibility index (Phi) is 21.4. The molecule has 1 amide bonds. The Hall–Kier alpha value is -1.96. The first-order valence-corrected chi connectivity index (χ1v) is 20.5. The molecule has 3 atom stereocenters. The second-order valence-electron chi connectivity index (χ2n) is 16.0. The summed E-state index contributed by atoms with van der Waals surface area (Å²) in [7, 11) is 0. The molecule has 0 saturated carbocycles. The number of anilines is 1. The van der Waals surface area contributed by atoms with Gasteiger partial charge in [0.1, 0.15) is 0 Å². The highest BCUT2D eigenvalue weighted by Gasteiger charge is 2.21. The monoisotopic (exact) mass is 791 g/mol. The van der Waals surface area contributed by atoms with Gasteiger partial charge in [-0.05, 0) is 114 Å². The van der Waals surface area contributed by atoms with Crippen LogP contribution in [0.2, 0.25) is 0 Å². The predicted octanol–water partition coefficient (Wildman–Crippen LogP) is 13.2. The van der Waals surface area contributed by atoms with Crippen molar-refractivity contribution in [3.05, 3.63) is 45.5 Å². The second kappa shape index (κ2) is 24.3. The quantitative estimate of drug-likeness (QED) is 0.0964. The van der Waals surface area contributed by atoms with Crippen molar-refractivity contribution in [3.8, 4) is 17.2 Å². The highest BCUT2D eigenvalue weighted by atomic mass is 127. The van der Waals surface area contributed by atoms with Gasteiger partial charge in [-0.2, -0.15) is 0 Å². The van der Waals surface area contributed by atoms with Crippen LogP contribution in [0.1, 0.15) is 150 Å². The number of amides is 1. The lowest BCUT2D eigenvalue weighted by molar-refractivity contribution is 0.102. The molecule has 0 fully saturated rings. The fourth-order valence-corrected chi connectivity index (χ4v) is 6.32. The van der Waals surface area contributed by atoms with Crippen LogP contribution in [0.25, 0.3) is 0 Å². The maximum Gasteiger partial charge on any atom is 0.255 e. The van der Waals surface area contributed by atoms with Crippen molar-refractivity contribution in [2.45, 2.75) is 139 Å². The van der Waals surface area contributed by atoms with Crippen molar-refractivity contribution in [1.82, 2.24) is 0 Å². The molecule has 1 N–H and O–H groups in total. The molecule has 2 aromatic rings. The second-order valence-corrected chi connectivity index (χ2v) is 17.2. The molecule has 5 nitrogen and oxygen atoms in total. The lowest BCUT2D eigenvalue weighted by Crippen LogP contribution is -2.15. The molecule has 0 aromatic heterocycles. The van der Waals surface area contributed by atoms with E-state index in [0.717, 1.165) is 46.3 Å².